The minimum Gasteiger partial charge on any atom is -0.491 e. The molecule has 0 radical (unpaired) electrons. The van der Waals surface area contributed by atoms with Gasteiger partial charge in [0.25, 0.3) is 11.8 Å². The molecule has 0 bridgehead atoms. The highest BCUT2D eigenvalue weighted by Crippen LogP contribution is 2.23. The summed E-state index contributed by atoms with van der Waals surface area (Å²) in [4.78, 5) is 30.8. The molecule has 0 aliphatic carbocycles. The monoisotopic (exact) mass is 470 g/mol. The van der Waals surface area contributed by atoms with Crippen LogP contribution in [0.25, 0.3) is 0 Å². The average molecular weight is 471 g/mol. The van der Waals surface area contributed by atoms with Gasteiger partial charge in [-0.05, 0) is 62.4 Å². The summed E-state index contributed by atoms with van der Waals surface area (Å²) in [6, 6.07) is 27.0. The Morgan fingerprint density at radius 2 is 1.51 bits per heavy atom. The second-order valence-electron chi connectivity index (χ2n) is 8.96. The summed E-state index contributed by atoms with van der Waals surface area (Å²) >= 11 is 0. The van der Waals surface area contributed by atoms with Crippen LogP contribution in [0, 0.1) is 0 Å². The first-order valence-electron chi connectivity index (χ1n) is 12.6. The predicted molar refractivity (Wildman–Crippen MR) is 139 cm³/mol. The van der Waals surface area contributed by atoms with Crippen molar-refractivity contribution in [3.8, 4) is 5.75 Å². The molecule has 1 atom stereocenters. The first kappa shape index (κ1) is 24.5. The standard InChI is InChI=1S/C30H34N2O3/c1-2-31-20-12-5-13-21-32(29(33)25-16-8-4-9-17-25)26(22-24-14-6-3-7-15-24)23-35-28-19-11-10-18-27(28)30(31)34/h3-4,6-11,14-19,26H,2,5,12-13,20-23H2,1H3/t26-/m1/s1. The number of fused-ring (bicyclic) bond motifs is 1. The molecule has 2 amide bonds. The Balaban J connectivity index is 1.68. The molecule has 1 aliphatic heterocycles. The zero-order chi connectivity index (χ0) is 24.5. The summed E-state index contributed by atoms with van der Waals surface area (Å²) in [7, 11) is 0. The molecule has 5 heteroatoms. The van der Waals surface area contributed by atoms with Gasteiger partial charge >= 0.3 is 0 Å². The molecule has 0 N–H and O–H groups in total. The molecule has 0 spiro atoms. The lowest BCUT2D eigenvalue weighted by molar-refractivity contribution is 0.0605. The molecule has 0 saturated carbocycles. The number of carbonyl (C=O) groups is 2. The third-order valence-corrected chi connectivity index (χ3v) is 6.58. The lowest BCUT2D eigenvalue weighted by atomic mass is 10.0. The van der Waals surface area contributed by atoms with Gasteiger partial charge in [-0.25, -0.2) is 0 Å². The summed E-state index contributed by atoms with van der Waals surface area (Å²) in [5.41, 5.74) is 2.41. The fraction of sp³-hybridized carbons (Fsp3) is 0.333. The van der Waals surface area contributed by atoms with Crippen LogP contribution in [0.15, 0.2) is 84.9 Å². The number of amides is 2. The largest absolute Gasteiger partial charge is 0.491 e. The third-order valence-electron chi connectivity index (χ3n) is 6.58. The van der Waals surface area contributed by atoms with Gasteiger partial charge in [-0.1, -0.05) is 60.7 Å². The van der Waals surface area contributed by atoms with Crippen molar-refractivity contribution >= 4 is 11.8 Å². The van der Waals surface area contributed by atoms with Gasteiger partial charge in [0.2, 0.25) is 0 Å². The van der Waals surface area contributed by atoms with E-state index in [0.717, 1.165) is 24.8 Å². The van der Waals surface area contributed by atoms with E-state index in [0.29, 0.717) is 49.5 Å². The Bertz CT molecular complexity index is 1100. The second kappa shape index (κ2) is 12.2. The number of ether oxygens (including phenoxy) is 1. The predicted octanol–water partition coefficient (Wildman–Crippen LogP) is 5.47. The van der Waals surface area contributed by atoms with Crippen molar-refractivity contribution in [1.29, 1.82) is 0 Å². The molecule has 1 aliphatic rings. The molecule has 35 heavy (non-hydrogen) atoms. The first-order chi connectivity index (χ1) is 17.2. The minimum absolute atomic E-state index is 0.000764. The van der Waals surface area contributed by atoms with Gasteiger partial charge in [-0.15, -0.1) is 0 Å². The van der Waals surface area contributed by atoms with E-state index in [2.05, 4.69) is 12.1 Å². The summed E-state index contributed by atoms with van der Waals surface area (Å²) in [5.74, 6) is 0.587. The van der Waals surface area contributed by atoms with E-state index >= 15 is 0 Å². The van der Waals surface area contributed by atoms with Crippen LogP contribution in [0.3, 0.4) is 0 Å². The number of nitrogens with zero attached hydrogens (tertiary/aromatic N) is 2. The summed E-state index contributed by atoms with van der Waals surface area (Å²) in [6.45, 7) is 4.32. The van der Waals surface area contributed by atoms with Crippen molar-refractivity contribution in [2.24, 2.45) is 0 Å². The number of hydrogen-bond donors (Lipinski definition) is 0. The summed E-state index contributed by atoms with van der Waals surface area (Å²) in [5, 5.41) is 0. The summed E-state index contributed by atoms with van der Waals surface area (Å²) in [6.07, 6.45) is 3.40. The fourth-order valence-corrected chi connectivity index (χ4v) is 4.63. The van der Waals surface area contributed by atoms with E-state index in [9.17, 15) is 9.59 Å². The molecule has 182 valence electrons. The lowest BCUT2D eigenvalue weighted by Crippen LogP contribution is -2.45. The Morgan fingerprint density at radius 3 is 2.26 bits per heavy atom. The highest BCUT2D eigenvalue weighted by Gasteiger charge is 2.27. The maximum Gasteiger partial charge on any atom is 0.257 e. The van der Waals surface area contributed by atoms with Crippen LogP contribution in [0.2, 0.25) is 0 Å². The molecule has 3 aromatic carbocycles. The van der Waals surface area contributed by atoms with Crippen LogP contribution < -0.4 is 4.74 Å². The summed E-state index contributed by atoms with van der Waals surface area (Å²) < 4.78 is 6.32. The van der Waals surface area contributed by atoms with Crippen molar-refractivity contribution in [3.05, 3.63) is 102 Å². The maximum atomic E-state index is 13.7. The van der Waals surface area contributed by atoms with Crippen molar-refractivity contribution in [1.82, 2.24) is 9.80 Å². The lowest BCUT2D eigenvalue weighted by Gasteiger charge is -2.32. The smallest absolute Gasteiger partial charge is 0.257 e. The van der Waals surface area contributed by atoms with Gasteiger partial charge < -0.3 is 14.5 Å². The van der Waals surface area contributed by atoms with E-state index in [1.165, 1.54) is 0 Å². The fourth-order valence-electron chi connectivity index (χ4n) is 4.63. The third kappa shape index (κ3) is 6.30. The van der Waals surface area contributed by atoms with Crippen LogP contribution in [0.1, 0.15) is 52.5 Å². The van der Waals surface area contributed by atoms with E-state index in [-0.39, 0.29) is 17.9 Å². The Hall–Kier alpha value is -3.60. The zero-order valence-electron chi connectivity index (χ0n) is 20.4. The molecule has 0 fully saturated rings. The Kier molecular flexibility index (Phi) is 8.55. The SMILES string of the molecule is CCN1CCCCCN(C(=O)c2ccccc2)[C@H](Cc2ccccc2)COc2ccccc2C1=O. The number of benzene rings is 3. The Morgan fingerprint density at radius 1 is 0.857 bits per heavy atom. The van der Waals surface area contributed by atoms with E-state index in [1.54, 1.807) is 0 Å². The number of hydrogen-bond acceptors (Lipinski definition) is 3. The number of rotatable bonds is 4. The molecule has 5 nitrogen and oxygen atoms in total. The normalized spacial score (nSPS) is 17.4. The number of carbonyl (C=O) groups excluding carboxylic acids is 2. The van der Waals surface area contributed by atoms with Gasteiger partial charge in [0.05, 0.1) is 11.6 Å². The first-order valence-corrected chi connectivity index (χ1v) is 12.6. The van der Waals surface area contributed by atoms with E-state index in [1.807, 2.05) is 89.5 Å². The molecule has 1 heterocycles. The van der Waals surface area contributed by atoms with Crippen LogP contribution >= 0.6 is 0 Å². The number of para-hydroxylation sites is 1. The zero-order valence-corrected chi connectivity index (χ0v) is 20.4. The van der Waals surface area contributed by atoms with Crippen molar-refractivity contribution in [2.75, 3.05) is 26.2 Å². The van der Waals surface area contributed by atoms with E-state index < -0.39 is 0 Å². The van der Waals surface area contributed by atoms with Crippen LogP contribution in [-0.2, 0) is 6.42 Å². The molecule has 0 saturated heterocycles. The average Bonchev–Trinajstić information content (AvgIpc) is 2.92. The van der Waals surface area contributed by atoms with Gasteiger partial charge in [0, 0.05) is 25.2 Å². The molecule has 0 aromatic heterocycles. The maximum absolute atomic E-state index is 13.7. The Labute approximate surface area is 208 Å². The van der Waals surface area contributed by atoms with Crippen molar-refractivity contribution in [3.63, 3.8) is 0 Å². The van der Waals surface area contributed by atoms with Gasteiger partial charge in [0.15, 0.2) is 0 Å². The van der Waals surface area contributed by atoms with Crippen LogP contribution in [-0.4, -0.2) is 53.9 Å². The molecular formula is C30H34N2O3. The molecule has 0 unspecified atom stereocenters. The highest BCUT2D eigenvalue weighted by molar-refractivity contribution is 5.97. The highest BCUT2D eigenvalue weighted by atomic mass is 16.5. The van der Waals surface area contributed by atoms with Crippen molar-refractivity contribution < 1.29 is 14.3 Å². The van der Waals surface area contributed by atoms with Crippen LogP contribution in [0.4, 0.5) is 0 Å². The molecule has 3 aromatic rings. The van der Waals surface area contributed by atoms with Crippen LogP contribution in [0.5, 0.6) is 5.75 Å². The van der Waals surface area contributed by atoms with Gasteiger partial charge in [0.1, 0.15) is 12.4 Å². The second-order valence-corrected chi connectivity index (χ2v) is 8.96. The molecule has 4 rings (SSSR count). The quantitative estimate of drug-likeness (QED) is 0.508. The van der Waals surface area contributed by atoms with Gasteiger partial charge in [-0.3, -0.25) is 9.59 Å². The van der Waals surface area contributed by atoms with Crippen molar-refractivity contribution in [2.45, 2.75) is 38.6 Å². The molecular weight excluding hydrogens is 436 g/mol. The minimum atomic E-state index is -0.170. The van der Waals surface area contributed by atoms with E-state index in [4.69, 9.17) is 4.74 Å². The topological polar surface area (TPSA) is 49.9 Å². The van der Waals surface area contributed by atoms with Gasteiger partial charge in [-0.2, -0.15) is 0 Å².